The second-order valence-corrected chi connectivity index (χ2v) is 9.20. The lowest BCUT2D eigenvalue weighted by atomic mass is 9.82. The molecule has 3 N–H and O–H groups in total. The van der Waals surface area contributed by atoms with Gasteiger partial charge in [0.2, 0.25) is 17.7 Å². The first kappa shape index (κ1) is 21.8. The van der Waals surface area contributed by atoms with Crippen molar-refractivity contribution in [3.63, 3.8) is 0 Å². The molecule has 2 saturated carbocycles. The molecule has 0 bridgehead atoms. The number of hydrogen-bond acceptors (Lipinski definition) is 4. The van der Waals surface area contributed by atoms with E-state index >= 15 is 0 Å². The minimum Gasteiger partial charge on any atom is -0.368 e. The highest BCUT2D eigenvalue weighted by atomic mass is 16.2. The number of piperazine rings is 1. The van der Waals surface area contributed by atoms with Crippen LogP contribution in [0.3, 0.4) is 0 Å². The van der Waals surface area contributed by atoms with Crippen LogP contribution in [-0.2, 0) is 14.4 Å². The number of amides is 3. The topological polar surface area (TPSA) is 95.7 Å². The molecular formula is C24H34N4O3. The Bertz CT molecular complexity index is 787. The molecule has 3 fully saturated rings. The molecule has 0 aromatic heterocycles. The molecule has 0 unspecified atom stereocenters. The number of hydrogen-bond donors (Lipinski definition) is 2. The number of carbonyl (C=O) groups is 3. The third-order valence-electron chi connectivity index (χ3n) is 7.32. The van der Waals surface area contributed by atoms with Gasteiger partial charge in [0.05, 0.1) is 5.92 Å². The van der Waals surface area contributed by atoms with Crippen LogP contribution in [0.2, 0.25) is 0 Å². The van der Waals surface area contributed by atoms with Crippen molar-refractivity contribution in [3.8, 4) is 0 Å². The number of nitrogens with one attached hydrogen (secondary N) is 1. The normalized spacial score (nSPS) is 26.0. The van der Waals surface area contributed by atoms with Gasteiger partial charge in [-0.1, -0.05) is 49.6 Å². The van der Waals surface area contributed by atoms with E-state index in [1.807, 2.05) is 35.2 Å². The summed E-state index contributed by atoms with van der Waals surface area (Å²) in [6.45, 7) is 3.11. The summed E-state index contributed by atoms with van der Waals surface area (Å²) >= 11 is 0. The molecule has 1 aromatic rings. The fraction of sp³-hybridized carbons (Fsp3) is 0.625. The monoisotopic (exact) mass is 426 g/mol. The van der Waals surface area contributed by atoms with Crippen molar-refractivity contribution < 1.29 is 14.4 Å². The molecule has 2 aliphatic carbocycles. The summed E-state index contributed by atoms with van der Waals surface area (Å²) in [5, 5.41) is 2.92. The molecule has 7 nitrogen and oxygen atoms in total. The van der Waals surface area contributed by atoms with Gasteiger partial charge in [0.25, 0.3) is 0 Å². The molecule has 1 heterocycles. The molecule has 0 spiro atoms. The molecule has 7 heteroatoms. The molecule has 3 atom stereocenters. The number of nitrogens with two attached hydrogens (primary N) is 1. The van der Waals surface area contributed by atoms with Gasteiger partial charge < -0.3 is 16.0 Å². The van der Waals surface area contributed by atoms with Crippen molar-refractivity contribution in [1.29, 1.82) is 0 Å². The maximum absolute atomic E-state index is 13.2. The highest BCUT2D eigenvalue weighted by Gasteiger charge is 2.39. The number of nitrogens with zero attached hydrogens (tertiary/aromatic N) is 2. The van der Waals surface area contributed by atoms with Gasteiger partial charge in [0, 0.05) is 38.1 Å². The van der Waals surface area contributed by atoms with E-state index < -0.39 is 11.9 Å². The van der Waals surface area contributed by atoms with Crippen LogP contribution in [0.5, 0.6) is 0 Å². The highest BCUT2D eigenvalue weighted by molar-refractivity contribution is 5.88. The Morgan fingerprint density at radius 1 is 0.903 bits per heavy atom. The quantitative estimate of drug-likeness (QED) is 0.725. The maximum atomic E-state index is 13.2. The molecule has 3 aliphatic rings. The van der Waals surface area contributed by atoms with E-state index in [0.29, 0.717) is 11.5 Å². The lowest BCUT2D eigenvalue weighted by molar-refractivity contribution is -0.141. The van der Waals surface area contributed by atoms with E-state index in [0.717, 1.165) is 64.7 Å². The summed E-state index contributed by atoms with van der Waals surface area (Å²) in [5.41, 5.74) is 6.31. The molecule has 3 amide bonds. The highest BCUT2D eigenvalue weighted by Crippen LogP contribution is 2.32. The Morgan fingerprint density at radius 2 is 1.58 bits per heavy atom. The number of carbonyl (C=O) groups excluding carboxylic acids is 3. The minimum absolute atomic E-state index is 0.0923. The number of benzene rings is 1. The first-order valence-corrected chi connectivity index (χ1v) is 11.7. The second-order valence-electron chi connectivity index (χ2n) is 9.20. The van der Waals surface area contributed by atoms with Crippen molar-refractivity contribution in [3.05, 3.63) is 35.9 Å². The molecule has 4 rings (SSSR count). The van der Waals surface area contributed by atoms with Crippen LogP contribution in [0.1, 0.15) is 56.6 Å². The predicted molar refractivity (Wildman–Crippen MR) is 118 cm³/mol. The van der Waals surface area contributed by atoms with E-state index in [1.165, 1.54) is 6.42 Å². The van der Waals surface area contributed by atoms with Crippen molar-refractivity contribution in [2.75, 3.05) is 26.2 Å². The molecule has 1 aromatic carbocycles. The molecular weight excluding hydrogens is 392 g/mol. The van der Waals surface area contributed by atoms with Gasteiger partial charge in [-0.25, -0.2) is 0 Å². The van der Waals surface area contributed by atoms with Crippen molar-refractivity contribution in [2.45, 2.75) is 57.0 Å². The Morgan fingerprint density at radius 3 is 2.19 bits per heavy atom. The zero-order valence-corrected chi connectivity index (χ0v) is 18.2. The SMILES string of the molecule is NC(=O)[C@@H](NC(=O)[C@@H]1CCCC[C@H]1N1CCN(C(=O)C2CCC2)CC1)c1ccccc1. The largest absolute Gasteiger partial charge is 0.368 e. The molecule has 31 heavy (non-hydrogen) atoms. The summed E-state index contributed by atoms with van der Waals surface area (Å²) in [6, 6.07) is 8.51. The predicted octanol–water partition coefficient (Wildman–Crippen LogP) is 1.83. The van der Waals surface area contributed by atoms with Gasteiger partial charge in [-0.05, 0) is 31.2 Å². The summed E-state index contributed by atoms with van der Waals surface area (Å²) in [5.74, 6) is -0.243. The van der Waals surface area contributed by atoms with Crippen molar-refractivity contribution in [1.82, 2.24) is 15.1 Å². The summed E-state index contributed by atoms with van der Waals surface area (Å²) < 4.78 is 0. The van der Waals surface area contributed by atoms with Gasteiger partial charge in [-0.15, -0.1) is 0 Å². The Balaban J connectivity index is 1.38. The molecule has 0 radical (unpaired) electrons. The van der Waals surface area contributed by atoms with E-state index in [1.54, 1.807) is 0 Å². The lowest BCUT2D eigenvalue weighted by Crippen LogP contribution is -2.57. The molecule has 1 saturated heterocycles. The Kier molecular flexibility index (Phi) is 6.90. The third kappa shape index (κ3) is 4.92. The van der Waals surface area contributed by atoms with E-state index in [-0.39, 0.29) is 23.8 Å². The summed E-state index contributed by atoms with van der Waals surface area (Å²) in [4.78, 5) is 42.2. The van der Waals surface area contributed by atoms with E-state index in [9.17, 15) is 14.4 Å². The zero-order valence-electron chi connectivity index (χ0n) is 18.2. The zero-order chi connectivity index (χ0) is 21.8. The van der Waals surface area contributed by atoms with Crippen LogP contribution in [0.4, 0.5) is 0 Å². The summed E-state index contributed by atoms with van der Waals surface area (Å²) in [7, 11) is 0. The summed E-state index contributed by atoms with van der Waals surface area (Å²) in [6.07, 6.45) is 7.15. The average Bonchev–Trinajstić information content (AvgIpc) is 2.76. The van der Waals surface area contributed by atoms with Crippen molar-refractivity contribution in [2.24, 2.45) is 17.6 Å². The first-order valence-electron chi connectivity index (χ1n) is 11.7. The van der Waals surface area contributed by atoms with Crippen LogP contribution in [0, 0.1) is 11.8 Å². The van der Waals surface area contributed by atoms with Crippen LogP contribution in [0.25, 0.3) is 0 Å². The lowest BCUT2D eigenvalue weighted by Gasteiger charge is -2.44. The fourth-order valence-corrected chi connectivity index (χ4v) is 5.26. The minimum atomic E-state index is -0.812. The number of rotatable bonds is 6. The van der Waals surface area contributed by atoms with Gasteiger partial charge >= 0.3 is 0 Å². The smallest absolute Gasteiger partial charge is 0.244 e. The van der Waals surface area contributed by atoms with Crippen LogP contribution >= 0.6 is 0 Å². The van der Waals surface area contributed by atoms with Gasteiger partial charge in [0.1, 0.15) is 6.04 Å². The van der Waals surface area contributed by atoms with E-state index in [4.69, 9.17) is 5.73 Å². The van der Waals surface area contributed by atoms with Crippen LogP contribution < -0.4 is 11.1 Å². The second kappa shape index (κ2) is 9.81. The standard InChI is InChI=1S/C24H34N4O3/c25-22(29)21(17-7-2-1-3-8-17)26-23(30)19-11-4-5-12-20(19)27-13-15-28(16-14-27)24(31)18-9-6-10-18/h1-3,7-8,18-21H,4-6,9-16H2,(H2,25,29)(H,26,30)/t19-,20-,21+/m1/s1. The third-order valence-corrected chi connectivity index (χ3v) is 7.32. The fourth-order valence-electron chi connectivity index (χ4n) is 5.26. The average molecular weight is 427 g/mol. The molecule has 168 valence electrons. The van der Waals surface area contributed by atoms with Crippen LogP contribution in [0.15, 0.2) is 30.3 Å². The number of primary amides is 1. The molecule has 1 aliphatic heterocycles. The van der Waals surface area contributed by atoms with E-state index in [2.05, 4.69) is 10.2 Å². The maximum Gasteiger partial charge on any atom is 0.244 e. The van der Waals surface area contributed by atoms with Gasteiger partial charge in [-0.2, -0.15) is 0 Å². The van der Waals surface area contributed by atoms with Crippen LogP contribution in [-0.4, -0.2) is 59.7 Å². The Labute approximate surface area is 184 Å². The Hall–Kier alpha value is -2.41. The van der Waals surface area contributed by atoms with Gasteiger partial charge in [-0.3, -0.25) is 19.3 Å². The van der Waals surface area contributed by atoms with Crippen molar-refractivity contribution >= 4 is 17.7 Å². The first-order chi connectivity index (χ1) is 15.0. The van der Waals surface area contributed by atoms with Gasteiger partial charge in [0.15, 0.2) is 0 Å².